The highest BCUT2D eigenvalue weighted by atomic mass is 16.8. The molecule has 0 aliphatic carbocycles. The zero-order valence-corrected chi connectivity index (χ0v) is 11.7. The molecular formula is C16H22O4. The third-order valence-electron chi connectivity index (χ3n) is 3.70. The van der Waals surface area contributed by atoms with Crippen LogP contribution in [0.3, 0.4) is 0 Å². The molecule has 4 nitrogen and oxygen atoms in total. The Morgan fingerprint density at radius 1 is 1.25 bits per heavy atom. The molecule has 2 heterocycles. The average molecular weight is 279 g/mol. The van der Waals surface area contributed by atoms with Gasteiger partial charge in [-0.25, -0.2) is 0 Å². The lowest BCUT2D eigenvalue weighted by Crippen LogP contribution is -2.44. The maximum atomic E-state index is 7.54. The molecule has 0 N–H and O–H groups in total. The van der Waals surface area contributed by atoms with Crippen molar-refractivity contribution in [1.29, 1.82) is 0 Å². The van der Waals surface area contributed by atoms with E-state index >= 15 is 0 Å². The van der Waals surface area contributed by atoms with Gasteiger partial charge in [-0.15, -0.1) is 0 Å². The number of benzene rings is 1. The summed E-state index contributed by atoms with van der Waals surface area (Å²) in [6, 6.07) is 10.1. The SMILES string of the molecule is [2H]C(C)CO[C@@H]1C[C@H](OCc2ccccc2)[C@H]2COC1O2. The second-order valence-corrected chi connectivity index (χ2v) is 5.23. The second kappa shape index (κ2) is 6.68. The van der Waals surface area contributed by atoms with Crippen LogP contribution in [0.25, 0.3) is 0 Å². The fourth-order valence-electron chi connectivity index (χ4n) is 2.64. The first-order chi connectivity index (χ1) is 10.2. The van der Waals surface area contributed by atoms with Gasteiger partial charge in [-0.3, -0.25) is 0 Å². The molecular weight excluding hydrogens is 256 g/mol. The van der Waals surface area contributed by atoms with Crippen molar-refractivity contribution in [2.45, 2.75) is 51.0 Å². The highest BCUT2D eigenvalue weighted by Gasteiger charge is 2.45. The summed E-state index contributed by atoms with van der Waals surface area (Å²) in [7, 11) is 0. The molecule has 1 aromatic carbocycles. The number of hydrogen-bond donors (Lipinski definition) is 0. The average Bonchev–Trinajstić information content (AvgIpc) is 2.91. The minimum atomic E-state index is -0.301. The Balaban J connectivity index is 1.55. The minimum absolute atomic E-state index is 0.00742. The van der Waals surface area contributed by atoms with Crippen LogP contribution in [-0.4, -0.2) is 37.8 Å². The molecule has 2 saturated heterocycles. The summed E-state index contributed by atoms with van der Waals surface area (Å²) in [6.45, 7) is 3.33. The molecule has 0 amide bonds. The van der Waals surface area contributed by atoms with E-state index in [0.29, 0.717) is 19.8 Å². The normalized spacial score (nSPS) is 34.8. The molecule has 4 heteroatoms. The van der Waals surface area contributed by atoms with Crippen molar-refractivity contribution >= 4 is 0 Å². The fourth-order valence-corrected chi connectivity index (χ4v) is 2.64. The van der Waals surface area contributed by atoms with Gasteiger partial charge in [-0.05, 0) is 12.0 Å². The van der Waals surface area contributed by atoms with Crippen molar-refractivity contribution in [3.8, 4) is 0 Å². The van der Waals surface area contributed by atoms with Gasteiger partial charge in [-0.2, -0.15) is 0 Å². The summed E-state index contributed by atoms with van der Waals surface area (Å²) in [4.78, 5) is 0. The molecule has 2 aliphatic rings. The first kappa shape index (κ1) is 12.8. The van der Waals surface area contributed by atoms with Crippen molar-refractivity contribution in [1.82, 2.24) is 0 Å². The van der Waals surface area contributed by atoms with E-state index in [9.17, 15) is 0 Å². The molecule has 1 aromatic rings. The van der Waals surface area contributed by atoms with E-state index in [-0.39, 0.29) is 31.0 Å². The Hall–Kier alpha value is -0.940. The number of rotatable bonds is 6. The van der Waals surface area contributed by atoms with E-state index < -0.39 is 0 Å². The molecule has 20 heavy (non-hydrogen) atoms. The molecule has 2 unspecified atom stereocenters. The van der Waals surface area contributed by atoms with E-state index in [4.69, 9.17) is 20.3 Å². The molecule has 5 atom stereocenters. The van der Waals surface area contributed by atoms with Crippen LogP contribution in [-0.2, 0) is 25.6 Å². The van der Waals surface area contributed by atoms with Gasteiger partial charge in [0.2, 0.25) is 0 Å². The van der Waals surface area contributed by atoms with E-state index in [2.05, 4.69) is 0 Å². The van der Waals surface area contributed by atoms with E-state index in [1.807, 2.05) is 37.3 Å². The van der Waals surface area contributed by atoms with E-state index in [1.54, 1.807) is 0 Å². The first-order valence-electron chi connectivity index (χ1n) is 7.76. The molecule has 0 saturated carbocycles. The summed E-state index contributed by atoms with van der Waals surface area (Å²) in [5.74, 6) is 0. The van der Waals surface area contributed by atoms with E-state index in [1.165, 1.54) is 0 Å². The molecule has 0 spiro atoms. The van der Waals surface area contributed by atoms with Crippen LogP contribution in [0.2, 0.25) is 0 Å². The molecule has 3 rings (SSSR count). The van der Waals surface area contributed by atoms with Crippen LogP contribution in [0.4, 0.5) is 0 Å². The van der Waals surface area contributed by atoms with Gasteiger partial charge in [0.05, 0.1) is 19.3 Å². The highest BCUT2D eigenvalue weighted by Crippen LogP contribution is 2.31. The Bertz CT molecular complexity index is 439. The third kappa shape index (κ3) is 3.20. The second-order valence-electron chi connectivity index (χ2n) is 5.23. The highest BCUT2D eigenvalue weighted by molar-refractivity contribution is 5.13. The quantitative estimate of drug-likeness (QED) is 0.802. The summed E-state index contributed by atoms with van der Waals surface area (Å²) in [5, 5.41) is 0. The van der Waals surface area contributed by atoms with Crippen molar-refractivity contribution in [3.05, 3.63) is 35.9 Å². The number of hydrogen-bond acceptors (Lipinski definition) is 4. The zero-order valence-electron chi connectivity index (χ0n) is 12.7. The van der Waals surface area contributed by atoms with Crippen LogP contribution < -0.4 is 0 Å². The zero-order chi connectivity index (χ0) is 14.7. The maximum Gasteiger partial charge on any atom is 0.184 e. The van der Waals surface area contributed by atoms with Crippen LogP contribution in [0, 0.1) is 0 Å². The molecule has 2 bridgehead atoms. The summed E-state index contributed by atoms with van der Waals surface area (Å²) < 4.78 is 30.7. The predicted octanol–water partition coefficient (Wildman–Crippen LogP) is 2.51. The lowest BCUT2D eigenvalue weighted by atomic mass is 10.0. The first-order valence-corrected chi connectivity index (χ1v) is 7.19. The van der Waals surface area contributed by atoms with Crippen molar-refractivity contribution in [2.24, 2.45) is 0 Å². The van der Waals surface area contributed by atoms with Gasteiger partial charge in [0.1, 0.15) is 12.2 Å². The maximum absolute atomic E-state index is 7.54. The lowest BCUT2D eigenvalue weighted by Gasteiger charge is -2.33. The molecule has 0 aromatic heterocycles. The van der Waals surface area contributed by atoms with Gasteiger partial charge >= 0.3 is 0 Å². The summed E-state index contributed by atoms with van der Waals surface area (Å²) >= 11 is 0. The largest absolute Gasteiger partial charge is 0.373 e. The minimum Gasteiger partial charge on any atom is -0.373 e. The molecule has 2 aliphatic heterocycles. The van der Waals surface area contributed by atoms with Crippen LogP contribution >= 0.6 is 0 Å². The lowest BCUT2D eigenvalue weighted by molar-refractivity contribution is -0.207. The summed E-state index contributed by atoms with van der Waals surface area (Å²) in [5.41, 5.74) is 1.15. The standard InChI is InChI=1S/C16H22O4/c1-2-8-17-14-9-13(15-11-19-16(14)20-15)18-10-12-6-4-3-5-7-12/h3-7,13-16H,2,8-11H2,1H3/t13-,14+,15+,16?/m0/s1/i2D/t2?,13-,14+,15+,16?. The topological polar surface area (TPSA) is 36.9 Å². The van der Waals surface area contributed by atoms with E-state index in [0.717, 1.165) is 12.0 Å². The Kier molecular flexibility index (Phi) is 4.26. The van der Waals surface area contributed by atoms with Gasteiger partial charge in [0, 0.05) is 14.4 Å². The van der Waals surface area contributed by atoms with Gasteiger partial charge < -0.3 is 18.9 Å². The number of ether oxygens (including phenoxy) is 4. The Labute approximate surface area is 121 Å². The van der Waals surface area contributed by atoms with Gasteiger partial charge in [0.25, 0.3) is 0 Å². The monoisotopic (exact) mass is 279 g/mol. The van der Waals surface area contributed by atoms with Crippen molar-refractivity contribution in [2.75, 3.05) is 13.2 Å². The predicted molar refractivity (Wildman–Crippen MR) is 74.3 cm³/mol. The molecule has 2 fully saturated rings. The van der Waals surface area contributed by atoms with Gasteiger partial charge in [0.15, 0.2) is 6.29 Å². The molecule has 110 valence electrons. The number of fused-ring (bicyclic) bond motifs is 2. The summed E-state index contributed by atoms with van der Waals surface area (Å²) in [6.07, 6.45) is 0.0481. The molecule has 0 radical (unpaired) electrons. The fraction of sp³-hybridized carbons (Fsp3) is 0.625. The Morgan fingerprint density at radius 2 is 2.10 bits per heavy atom. The Morgan fingerprint density at radius 3 is 2.90 bits per heavy atom. The smallest absolute Gasteiger partial charge is 0.184 e. The van der Waals surface area contributed by atoms with Crippen molar-refractivity contribution < 1.29 is 20.3 Å². The third-order valence-corrected chi connectivity index (χ3v) is 3.70. The van der Waals surface area contributed by atoms with Crippen molar-refractivity contribution in [3.63, 3.8) is 0 Å². The van der Waals surface area contributed by atoms with Crippen LogP contribution in [0.15, 0.2) is 30.3 Å². The van der Waals surface area contributed by atoms with Crippen LogP contribution in [0.1, 0.15) is 26.7 Å². The van der Waals surface area contributed by atoms with Crippen LogP contribution in [0.5, 0.6) is 0 Å². The van der Waals surface area contributed by atoms with Gasteiger partial charge in [-0.1, -0.05) is 37.3 Å².